The predicted molar refractivity (Wildman–Crippen MR) is 90.0 cm³/mol. The highest BCUT2D eigenvalue weighted by Crippen LogP contribution is 2.62. The molecule has 1 aliphatic carbocycles. The minimum atomic E-state index is -0.575. The van der Waals surface area contributed by atoms with E-state index in [-0.39, 0.29) is 11.3 Å². The standard InChI is InChI=1S/C18H32N2O3/c1-16(2,3)13(19-15(22)23-17(4,5)6)14(21)20-9-11-12(10-20)18(11,7)8/h11-13H,9-10H2,1-8H3,(H,19,22)/t11-,12?,13-/m1/s1. The smallest absolute Gasteiger partial charge is 0.408 e. The minimum absolute atomic E-state index is 0.00589. The van der Waals surface area contributed by atoms with Gasteiger partial charge >= 0.3 is 6.09 Å². The Hall–Kier alpha value is -1.26. The zero-order chi connectivity index (χ0) is 17.8. The molecule has 23 heavy (non-hydrogen) atoms. The van der Waals surface area contributed by atoms with Crippen LogP contribution in [0.5, 0.6) is 0 Å². The largest absolute Gasteiger partial charge is 0.444 e. The van der Waals surface area contributed by atoms with Gasteiger partial charge in [-0.2, -0.15) is 0 Å². The quantitative estimate of drug-likeness (QED) is 0.849. The van der Waals surface area contributed by atoms with Crippen LogP contribution in [-0.4, -0.2) is 41.6 Å². The number of carbonyl (C=O) groups excluding carboxylic acids is 2. The van der Waals surface area contributed by atoms with Crippen LogP contribution >= 0.6 is 0 Å². The summed E-state index contributed by atoms with van der Waals surface area (Å²) in [6, 6.07) is -0.571. The summed E-state index contributed by atoms with van der Waals surface area (Å²) in [5.41, 5.74) is -0.572. The molecule has 1 N–H and O–H groups in total. The number of rotatable bonds is 2. The Bertz CT molecular complexity index is 485. The fourth-order valence-corrected chi connectivity index (χ4v) is 3.57. The molecule has 1 saturated heterocycles. The molecular weight excluding hydrogens is 292 g/mol. The second kappa shape index (κ2) is 5.38. The van der Waals surface area contributed by atoms with E-state index in [2.05, 4.69) is 19.2 Å². The zero-order valence-corrected chi connectivity index (χ0v) is 15.8. The maximum atomic E-state index is 12.9. The van der Waals surface area contributed by atoms with Crippen LogP contribution < -0.4 is 5.32 Å². The SMILES string of the molecule is CC(C)(C)OC(=O)N[C@H](C(=O)N1CC2[C@@H](C1)C2(C)C)C(C)(C)C. The third-order valence-electron chi connectivity index (χ3n) is 5.21. The Labute approximate surface area is 140 Å². The van der Waals surface area contributed by atoms with E-state index in [9.17, 15) is 9.59 Å². The zero-order valence-electron chi connectivity index (χ0n) is 15.8. The number of hydrogen-bond donors (Lipinski definition) is 1. The molecule has 0 aromatic heterocycles. The van der Waals surface area contributed by atoms with Gasteiger partial charge in [0.2, 0.25) is 5.91 Å². The summed E-state index contributed by atoms with van der Waals surface area (Å²) in [7, 11) is 0. The summed E-state index contributed by atoms with van der Waals surface area (Å²) < 4.78 is 5.32. The molecule has 0 spiro atoms. The van der Waals surface area contributed by atoms with Crippen molar-refractivity contribution >= 4 is 12.0 Å². The number of nitrogens with one attached hydrogen (secondary N) is 1. The van der Waals surface area contributed by atoms with Gasteiger partial charge < -0.3 is 15.0 Å². The summed E-state index contributed by atoms with van der Waals surface area (Å²) in [6.07, 6.45) is -0.532. The van der Waals surface area contributed by atoms with Gasteiger partial charge in [-0.25, -0.2) is 4.79 Å². The molecule has 0 aromatic rings. The first-order valence-electron chi connectivity index (χ1n) is 8.52. The molecule has 2 amide bonds. The maximum Gasteiger partial charge on any atom is 0.408 e. The molecule has 132 valence electrons. The molecule has 2 fully saturated rings. The Kier molecular flexibility index (Phi) is 4.23. The second-order valence-electron chi connectivity index (χ2n) is 9.72. The lowest BCUT2D eigenvalue weighted by molar-refractivity contribution is -0.136. The molecule has 1 unspecified atom stereocenters. The van der Waals surface area contributed by atoms with Crippen LogP contribution in [0.4, 0.5) is 4.79 Å². The number of alkyl carbamates (subject to hydrolysis) is 1. The second-order valence-corrected chi connectivity index (χ2v) is 9.72. The number of fused-ring (bicyclic) bond motifs is 1. The molecule has 0 radical (unpaired) electrons. The minimum Gasteiger partial charge on any atom is -0.444 e. The number of nitrogens with zero attached hydrogens (tertiary/aromatic N) is 1. The Balaban J connectivity index is 2.02. The van der Waals surface area contributed by atoms with E-state index >= 15 is 0 Å². The van der Waals surface area contributed by atoms with Crippen molar-refractivity contribution < 1.29 is 14.3 Å². The van der Waals surface area contributed by atoms with Crippen molar-refractivity contribution in [3.63, 3.8) is 0 Å². The lowest BCUT2D eigenvalue weighted by atomic mass is 9.85. The van der Waals surface area contributed by atoms with E-state index in [0.717, 1.165) is 13.1 Å². The van der Waals surface area contributed by atoms with E-state index in [1.165, 1.54) is 0 Å². The highest BCUT2D eigenvalue weighted by atomic mass is 16.6. The third-order valence-corrected chi connectivity index (χ3v) is 5.21. The lowest BCUT2D eigenvalue weighted by Gasteiger charge is -2.35. The molecule has 2 aliphatic rings. The van der Waals surface area contributed by atoms with Crippen molar-refractivity contribution in [3.8, 4) is 0 Å². The van der Waals surface area contributed by atoms with Crippen LogP contribution in [0, 0.1) is 22.7 Å². The van der Waals surface area contributed by atoms with Crippen molar-refractivity contribution in [1.29, 1.82) is 0 Å². The molecule has 5 nitrogen and oxygen atoms in total. The normalized spacial score (nSPS) is 27.2. The fraction of sp³-hybridized carbons (Fsp3) is 0.889. The van der Waals surface area contributed by atoms with Gasteiger partial charge in [-0.05, 0) is 43.4 Å². The molecule has 1 saturated carbocycles. The molecule has 3 atom stereocenters. The van der Waals surface area contributed by atoms with E-state index in [0.29, 0.717) is 17.3 Å². The molecule has 0 bridgehead atoms. The Morgan fingerprint density at radius 3 is 1.96 bits per heavy atom. The first-order valence-corrected chi connectivity index (χ1v) is 8.52. The Morgan fingerprint density at radius 1 is 1.09 bits per heavy atom. The number of piperidine rings is 1. The van der Waals surface area contributed by atoms with Crippen LogP contribution in [0.25, 0.3) is 0 Å². The van der Waals surface area contributed by atoms with Gasteiger partial charge in [0.15, 0.2) is 0 Å². The lowest BCUT2D eigenvalue weighted by Crippen LogP contribution is -2.55. The number of likely N-dealkylation sites (tertiary alicyclic amines) is 1. The van der Waals surface area contributed by atoms with Gasteiger partial charge in [-0.3, -0.25) is 4.79 Å². The average Bonchev–Trinajstić information content (AvgIpc) is 2.75. The maximum absolute atomic E-state index is 12.9. The average molecular weight is 324 g/mol. The van der Waals surface area contributed by atoms with E-state index in [1.54, 1.807) is 0 Å². The van der Waals surface area contributed by atoms with Gasteiger partial charge in [-0.1, -0.05) is 34.6 Å². The molecule has 1 heterocycles. The molecular formula is C18H32N2O3. The van der Waals surface area contributed by atoms with Crippen LogP contribution in [0.2, 0.25) is 0 Å². The van der Waals surface area contributed by atoms with Gasteiger partial charge in [0, 0.05) is 13.1 Å². The van der Waals surface area contributed by atoms with Crippen LogP contribution in [0.3, 0.4) is 0 Å². The van der Waals surface area contributed by atoms with Gasteiger partial charge in [0.05, 0.1) is 0 Å². The highest BCUT2D eigenvalue weighted by Gasteiger charge is 2.63. The third kappa shape index (κ3) is 3.81. The fourth-order valence-electron chi connectivity index (χ4n) is 3.57. The predicted octanol–water partition coefficient (Wildman–Crippen LogP) is 3.04. The molecule has 1 aliphatic heterocycles. The van der Waals surface area contributed by atoms with Gasteiger partial charge in [-0.15, -0.1) is 0 Å². The topological polar surface area (TPSA) is 58.6 Å². The number of amides is 2. The first kappa shape index (κ1) is 18.1. The summed E-state index contributed by atoms with van der Waals surface area (Å²) in [4.78, 5) is 26.9. The summed E-state index contributed by atoms with van der Waals surface area (Å²) in [5, 5.41) is 2.79. The van der Waals surface area contributed by atoms with Crippen molar-refractivity contribution in [3.05, 3.63) is 0 Å². The van der Waals surface area contributed by atoms with Crippen molar-refractivity contribution in [2.45, 2.75) is 67.0 Å². The summed E-state index contributed by atoms with van der Waals surface area (Å²) in [5.74, 6) is 1.22. The molecule has 0 aromatic carbocycles. The monoisotopic (exact) mass is 324 g/mol. The van der Waals surface area contributed by atoms with Crippen LogP contribution in [0.1, 0.15) is 55.4 Å². The van der Waals surface area contributed by atoms with E-state index in [4.69, 9.17) is 4.74 Å². The van der Waals surface area contributed by atoms with Crippen molar-refractivity contribution in [1.82, 2.24) is 10.2 Å². The number of ether oxygens (including phenoxy) is 1. The van der Waals surface area contributed by atoms with E-state index < -0.39 is 17.7 Å². The number of hydrogen-bond acceptors (Lipinski definition) is 3. The molecule has 2 rings (SSSR count). The summed E-state index contributed by atoms with van der Waals surface area (Å²) >= 11 is 0. The van der Waals surface area contributed by atoms with Crippen molar-refractivity contribution in [2.75, 3.05) is 13.1 Å². The highest BCUT2D eigenvalue weighted by molar-refractivity contribution is 5.87. The first-order chi connectivity index (χ1) is 10.2. The van der Waals surface area contributed by atoms with E-state index in [1.807, 2.05) is 46.4 Å². The van der Waals surface area contributed by atoms with Gasteiger partial charge in [0.1, 0.15) is 11.6 Å². The Morgan fingerprint density at radius 2 is 1.57 bits per heavy atom. The van der Waals surface area contributed by atoms with Gasteiger partial charge in [0.25, 0.3) is 0 Å². The van der Waals surface area contributed by atoms with Crippen LogP contribution in [-0.2, 0) is 9.53 Å². The van der Waals surface area contributed by atoms with Crippen molar-refractivity contribution in [2.24, 2.45) is 22.7 Å². The molecule has 5 heteroatoms. The number of carbonyl (C=O) groups is 2. The summed E-state index contributed by atoms with van der Waals surface area (Å²) in [6.45, 7) is 17.5. The van der Waals surface area contributed by atoms with Crippen LogP contribution in [0.15, 0.2) is 0 Å².